The van der Waals surface area contributed by atoms with E-state index in [9.17, 15) is 0 Å². The maximum atomic E-state index is 5.79. The van der Waals surface area contributed by atoms with E-state index in [1.54, 1.807) is 0 Å². The van der Waals surface area contributed by atoms with Crippen molar-refractivity contribution in [1.82, 2.24) is 0 Å². The maximum absolute atomic E-state index is 5.79. The third kappa shape index (κ3) is 3.22. The fraction of sp³-hybridized carbons (Fsp3) is 0.538. The van der Waals surface area contributed by atoms with Crippen LogP contribution >= 0.6 is 0 Å². The van der Waals surface area contributed by atoms with Crippen molar-refractivity contribution in [2.24, 2.45) is 5.73 Å². The summed E-state index contributed by atoms with van der Waals surface area (Å²) < 4.78 is 11.1. The average Bonchev–Trinajstić information content (AvgIpc) is 2.81. The minimum atomic E-state index is 0.231. The lowest BCUT2D eigenvalue weighted by molar-refractivity contribution is 0.141. The SMILES string of the molecule is NCCCc1ccc(OC2CCOC2)cc1. The fourth-order valence-corrected chi connectivity index (χ4v) is 1.84. The molecular formula is C13H19NO2. The minimum absolute atomic E-state index is 0.231. The number of hydrogen-bond acceptors (Lipinski definition) is 3. The number of hydrogen-bond donors (Lipinski definition) is 1. The summed E-state index contributed by atoms with van der Waals surface area (Å²) in [6.45, 7) is 2.28. The summed E-state index contributed by atoms with van der Waals surface area (Å²) in [5.41, 5.74) is 6.80. The first kappa shape index (κ1) is 11.4. The first-order valence-electron chi connectivity index (χ1n) is 5.92. The van der Waals surface area contributed by atoms with Gasteiger partial charge < -0.3 is 15.2 Å². The van der Waals surface area contributed by atoms with Crippen molar-refractivity contribution in [3.8, 4) is 5.75 Å². The largest absolute Gasteiger partial charge is 0.488 e. The topological polar surface area (TPSA) is 44.5 Å². The van der Waals surface area contributed by atoms with Gasteiger partial charge in [0.1, 0.15) is 11.9 Å². The third-order valence-electron chi connectivity index (χ3n) is 2.78. The van der Waals surface area contributed by atoms with Gasteiger partial charge in [0.25, 0.3) is 0 Å². The molecule has 0 saturated carbocycles. The summed E-state index contributed by atoms with van der Waals surface area (Å²) >= 11 is 0. The quantitative estimate of drug-likeness (QED) is 0.823. The smallest absolute Gasteiger partial charge is 0.124 e. The molecule has 1 aliphatic rings. The van der Waals surface area contributed by atoms with E-state index in [-0.39, 0.29) is 6.10 Å². The highest BCUT2D eigenvalue weighted by Gasteiger charge is 2.16. The molecule has 2 N–H and O–H groups in total. The first-order chi connectivity index (χ1) is 7.88. The molecule has 0 aliphatic carbocycles. The predicted octanol–water partition coefficient (Wildman–Crippen LogP) is 1.75. The van der Waals surface area contributed by atoms with Gasteiger partial charge in [-0.05, 0) is 37.1 Å². The molecule has 1 aromatic carbocycles. The molecule has 0 radical (unpaired) electrons. The van der Waals surface area contributed by atoms with Gasteiger partial charge in [-0.2, -0.15) is 0 Å². The van der Waals surface area contributed by atoms with Gasteiger partial charge in [-0.3, -0.25) is 0 Å². The molecule has 1 unspecified atom stereocenters. The molecule has 16 heavy (non-hydrogen) atoms. The summed E-state index contributed by atoms with van der Waals surface area (Å²) in [5, 5.41) is 0. The van der Waals surface area contributed by atoms with Crippen LogP contribution in [0, 0.1) is 0 Å². The summed E-state index contributed by atoms with van der Waals surface area (Å²) in [6, 6.07) is 8.29. The molecule has 1 aromatic rings. The van der Waals surface area contributed by atoms with E-state index in [1.165, 1.54) is 5.56 Å². The third-order valence-corrected chi connectivity index (χ3v) is 2.78. The van der Waals surface area contributed by atoms with Crippen molar-refractivity contribution in [2.45, 2.75) is 25.4 Å². The van der Waals surface area contributed by atoms with Crippen LogP contribution in [0.5, 0.6) is 5.75 Å². The van der Waals surface area contributed by atoms with Crippen molar-refractivity contribution in [3.63, 3.8) is 0 Å². The molecule has 1 aliphatic heterocycles. The molecule has 1 saturated heterocycles. The lowest BCUT2D eigenvalue weighted by Crippen LogP contribution is -2.15. The summed E-state index contributed by atoms with van der Waals surface area (Å²) in [6.07, 6.45) is 3.31. The number of aryl methyl sites for hydroxylation is 1. The van der Waals surface area contributed by atoms with E-state index in [1.807, 2.05) is 12.1 Å². The predicted molar refractivity (Wildman–Crippen MR) is 63.7 cm³/mol. The van der Waals surface area contributed by atoms with Gasteiger partial charge in [-0.1, -0.05) is 12.1 Å². The molecule has 1 fully saturated rings. The Hall–Kier alpha value is -1.06. The van der Waals surface area contributed by atoms with Crippen LogP contribution in [0.15, 0.2) is 24.3 Å². The Morgan fingerprint density at radius 2 is 2.12 bits per heavy atom. The second-order valence-electron chi connectivity index (χ2n) is 4.14. The molecule has 0 bridgehead atoms. The maximum Gasteiger partial charge on any atom is 0.124 e. The Morgan fingerprint density at radius 1 is 1.31 bits per heavy atom. The van der Waals surface area contributed by atoms with Crippen molar-refractivity contribution >= 4 is 0 Å². The van der Waals surface area contributed by atoms with Crippen LogP contribution in [0.3, 0.4) is 0 Å². The molecule has 0 spiro atoms. The van der Waals surface area contributed by atoms with Crippen LogP contribution in [0.2, 0.25) is 0 Å². The van der Waals surface area contributed by atoms with Crippen molar-refractivity contribution in [1.29, 1.82) is 0 Å². The molecule has 0 aromatic heterocycles. The lowest BCUT2D eigenvalue weighted by atomic mass is 10.1. The van der Waals surface area contributed by atoms with Crippen molar-refractivity contribution in [3.05, 3.63) is 29.8 Å². The van der Waals surface area contributed by atoms with Crippen LogP contribution in [-0.2, 0) is 11.2 Å². The Balaban J connectivity index is 1.86. The minimum Gasteiger partial charge on any atom is -0.488 e. The number of rotatable bonds is 5. The van der Waals surface area contributed by atoms with E-state index >= 15 is 0 Å². The molecule has 0 amide bonds. The standard InChI is InChI=1S/C13H19NO2/c14-8-1-2-11-3-5-12(6-4-11)16-13-7-9-15-10-13/h3-6,13H,1-2,7-10,14H2. The van der Waals surface area contributed by atoms with E-state index in [2.05, 4.69) is 12.1 Å². The fourth-order valence-electron chi connectivity index (χ4n) is 1.84. The zero-order valence-electron chi connectivity index (χ0n) is 9.52. The monoisotopic (exact) mass is 221 g/mol. The van der Waals surface area contributed by atoms with Crippen molar-refractivity contribution < 1.29 is 9.47 Å². The van der Waals surface area contributed by atoms with E-state index in [4.69, 9.17) is 15.2 Å². The van der Waals surface area contributed by atoms with Crippen LogP contribution in [0.25, 0.3) is 0 Å². The Labute approximate surface area is 96.5 Å². The average molecular weight is 221 g/mol. The van der Waals surface area contributed by atoms with Crippen LogP contribution < -0.4 is 10.5 Å². The summed E-state index contributed by atoms with van der Waals surface area (Å²) in [5.74, 6) is 0.937. The van der Waals surface area contributed by atoms with Gasteiger partial charge in [-0.25, -0.2) is 0 Å². The number of benzene rings is 1. The summed E-state index contributed by atoms with van der Waals surface area (Å²) in [7, 11) is 0. The lowest BCUT2D eigenvalue weighted by Gasteiger charge is -2.11. The van der Waals surface area contributed by atoms with Gasteiger partial charge >= 0.3 is 0 Å². The molecule has 2 rings (SSSR count). The second kappa shape index (κ2) is 5.87. The van der Waals surface area contributed by atoms with Crippen LogP contribution in [-0.4, -0.2) is 25.9 Å². The summed E-state index contributed by atoms with van der Waals surface area (Å²) in [4.78, 5) is 0. The molecule has 1 heterocycles. The zero-order valence-corrected chi connectivity index (χ0v) is 9.52. The van der Waals surface area contributed by atoms with E-state index in [0.29, 0.717) is 0 Å². The van der Waals surface area contributed by atoms with E-state index < -0.39 is 0 Å². The molecule has 1 atom stereocenters. The first-order valence-corrected chi connectivity index (χ1v) is 5.92. The zero-order chi connectivity index (χ0) is 11.2. The Morgan fingerprint density at radius 3 is 2.75 bits per heavy atom. The van der Waals surface area contributed by atoms with Crippen molar-refractivity contribution in [2.75, 3.05) is 19.8 Å². The van der Waals surface area contributed by atoms with Crippen LogP contribution in [0.4, 0.5) is 0 Å². The molecule has 3 heteroatoms. The van der Waals surface area contributed by atoms with Gasteiger partial charge in [0.05, 0.1) is 13.2 Å². The highest BCUT2D eigenvalue weighted by Crippen LogP contribution is 2.18. The molecule has 3 nitrogen and oxygen atoms in total. The highest BCUT2D eigenvalue weighted by molar-refractivity contribution is 5.27. The van der Waals surface area contributed by atoms with Gasteiger partial charge in [0.2, 0.25) is 0 Å². The number of ether oxygens (including phenoxy) is 2. The van der Waals surface area contributed by atoms with Gasteiger partial charge in [-0.15, -0.1) is 0 Å². The van der Waals surface area contributed by atoms with Gasteiger partial charge in [0.15, 0.2) is 0 Å². The number of nitrogens with two attached hydrogens (primary N) is 1. The van der Waals surface area contributed by atoms with E-state index in [0.717, 1.165) is 44.8 Å². The molecular weight excluding hydrogens is 202 g/mol. The van der Waals surface area contributed by atoms with Gasteiger partial charge in [0, 0.05) is 6.42 Å². The second-order valence-corrected chi connectivity index (χ2v) is 4.14. The highest BCUT2D eigenvalue weighted by atomic mass is 16.5. The Kier molecular flexibility index (Phi) is 4.19. The normalized spacial score (nSPS) is 19.9. The Bertz CT molecular complexity index is 304. The van der Waals surface area contributed by atoms with Crippen LogP contribution in [0.1, 0.15) is 18.4 Å². The molecule has 88 valence electrons.